The van der Waals surface area contributed by atoms with Gasteiger partial charge in [0.1, 0.15) is 0 Å². The van der Waals surface area contributed by atoms with Crippen molar-refractivity contribution < 1.29 is 14.3 Å². The SMILES string of the molecule is COc1ccc(C2=C3C(=O)CC(C)(C)CC3c3c(ccc4ccccc34)N2)cc1OC. The third-order valence-electron chi connectivity index (χ3n) is 6.57. The number of hydrogen-bond donors (Lipinski definition) is 1. The summed E-state index contributed by atoms with van der Waals surface area (Å²) in [4.78, 5) is 13.5. The lowest BCUT2D eigenvalue weighted by Gasteiger charge is -2.41. The smallest absolute Gasteiger partial charge is 0.162 e. The predicted octanol–water partition coefficient (Wildman–Crippen LogP) is 6.17. The molecule has 1 aliphatic heterocycles. The zero-order valence-electron chi connectivity index (χ0n) is 18.4. The average Bonchev–Trinajstić information content (AvgIpc) is 2.76. The van der Waals surface area contributed by atoms with Crippen LogP contribution in [0.5, 0.6) is 11.5 Å². The van der Waals surface area contributed by atoms with Crippen LogP contribution in [0.2, 0.25) is 0 Å². The highest BCUT2D eigenvalue weighted by molar-refractivity contribution is 6.10. The maximum atomic E-state index is 13.5. The van der Waals surface area contributed by atoms with Crippen LogP contribution in [0.1, 0.15) is 43.7 Å². The van der Waals surface area contributed by atoms with Crippen LogP contribution in [0.4, 0.5) is 5.69 Å². The molecule has 0 aromatic heterocycles. The molecule has 158 valence electrons. The minimum absolute atomic E-state index is 0.0421. The fourth-order valence-corrected chi connectivity index (χ4v) is 5.21. The Kier molecular flexibility index (Phi) is 4.54. The molecule has 5 rings (SSSR count). The molecule has 1 heterocycles. The summed E-state index contributed by atoms with van der Waals surface area (Å²) in [6.07, 6.45) is 1.49. The van der Waals surface area contributed by atoms with Gasteiger partial charge in [-0.2, -0.15) is 0 Å². The number of methoxy groups -OCH3 is 2. The maximum absolute atomic E-state index is 13.5. The van der Waals surface area contributed by atoms with Crippen LogP contribution in [-0.2, 0) is 4.79 Å². The van der Waals surface area contributed by atoms with Crippen molar-refractivity contribution in [2.24, 2.45) is 5.41 Å². The molecule has 4 heteroatoms. The monoisotopic (exact) mass is 413 g/mol. The molecule has 31 heavy (non-hydrogen) atoms. The predicted molar refractivity (Wildman–Crippen MR) is 125 cm³/mol. The number of anilines is 1. The molecule has 1 aliphatic carbocycles. The maximum Gasteiger partial charge on any atom is 0.162 e. The van der Waals surface area contributed by atoms with Gasteiger partial charge < -0.3 is 14.8 Å². The summed E-state index contributed by atoms with van der Waals surface area (Å²) in [7, 11) is 3.26. The minimum Gasteiger partial charge on any atom is -0.493 e. The summed E-state index contributed by atoms with van der Waals surface area (Å²) in [6, 6.07) is 18.6. The fourth-order valence-electron chi connectivity index (χ4n) is 5.21. The van der Waals surface area contributed by atoms with Crippen LogP contribution in [0, 0.1) is 5.41 Å². The second-order valence-electron chi connectivity index (χ2n) is 9.25. The van der Waals surface area contributed by atoms with E-state index in [1.54, 1.807) is 14.2 Å². The Hall–Kier alpha value is -3.27. The molecule has 1 N–H and O–H groups in total. The number of benzene rings is 3. The first-order valence-corrected chi connectivity index (χ1v) is 10.7. The summed E-state index contributed by atoms with van der Waals surface area (Å²) in [5.41, 5.74) is 4.97. The van der Waals surface area contributed by atoms with Crippen LogP contribution >= 0.6 is 0 Å². The average molecular weight is 414 g/mol. The van der Waals surface area contributed by atoms with E-state index in [-0.39, 0.29) is 17.1 Å². The van der Waals surface area contributed by atoms with Crippen molar-refractivity contribution in [2.75, 3.05) is 19.5 Å². The molecule has 1 atom stereocenters. The van der Waals surface area contributed by atoms with Crippen molar-refractivity contribution in [3.05, 3.63) is 71.3 Å². The Balaban J connectivity index is 1.76. The number of carbonyl (C=O) groups excluding carboxylic acids is 1. The van der Waals surface area contributed by atoms with Crippen molar-refractivity contribution in [3.63, 3.8) is 0 Å². The number of rotatable bonds is 3. The molecule has 0 spiro atoms. The minimum atomic E-state index is -0.0421. The van der Waals surface area contributed by atoms with Gasteiger partial charge in [-0.1, -0.05) is 44.2 Å². The lowest BCUT2D eigenvalue weighted by atomic mass is 9.64. The summed E-state index contributed by atoms with van der Waals surface area (Å²) >= 11 is 0. The van der Waals surface area contributed by atoms with Crippen molar-refractivity contribution in [3.8, 4) is 11.5 Å². The molecule has 3 aromatic carbocycles. The number of Topliss-reactive ketones (excluding diaryl/α,β-unsaturated/α-hetero) is 1. The van der Waals surface area contributed by atoms with Gasteiger partial charge in [-0.15, -0.1) is 0 Å². The summed E-state index contributed by atoms with van der Waals surface area (Å²) in [5.74, 6) is 1.60. The van der Waals surface area contributed by atoms with Gasteiger partial charge in [0.25, 0.3) is 0 Å². The molecule has 0 saturated heterocycles. The van der Waals surface area contributed by atoms with E-state index in [0.717, 1.165) is 28.9 Å². The standard InChI is InChI=1S/C27H27NO3/c1-27(2)14-19-24-18-8-6-5-7-16(18)9-11-20(24)28-26(25(19)21(29)15-27)17-10-12-22(30-3)23(13-17)31-4/h5-13,19,28H,14-15H2,1-4H3. The Morgan fingerprint density at radius 2 is 1.74 bits per heavy atom. The Morgan fingerprint density at radius 1 is 0.968 bits per heavy atom. The second-order valence-corrected chi connectivity index (χ2v) is 9.25. The quantitative estimate of drug-likeness (QED) is 0.558. The molecule has 0 amide bonds. The van der Waals surface area contributed by atoms with Gasteiger partial charge in [-0.25, -0.2) is 0 Å². The lowest BCUT2D eigenvalue weighted by Crippen LogP contribution is -2.34. The third kappa shape index (κ3) is 3.18. The highest BCUT2D eigenvalue weighted by atomic mass is 16.5. The van der Waals surface area contributed by atoms with E-state index < -0.39 is 0 Å². The van der Waals surface area contributed by atoms with Gasteiger partial charge >= 0.3 is 0 Å². The van der Waals surface area contributed by atoms with E-state index in [4.69, 9.17) is 9.47 Å². The molecule has 3 aromatic rings. The van der Waals surface area contributed by atoms with E-state index in [2.05, 4.69) is 55.6 Å². The van der Waals surface area contributed by atoms with E-state index >= 15 is 0 Å². The molecule has 2 aliphatic rings. The number of carbonyl (C=O) groups is 1. The van der Waals surface area contributed by atoms with Crippen molar-refractivity contribution in [1.82, 2.24) is 0 Å². The topological polar surface area (TPSA) is 47.6 Å². The zero-order valence-corrected chi connectivity index (χ0v) is 18.4. The first-order chi connectivity index (χ1) is 14.9. The molecule has 4 nitrogen and oxygen atoms in total. The number of allylic oxidation sites excluding steroid dienone is 1. The molecule has 1 unspecified atom stereocenters. The number of nitrogens with one attached hydrogen (secondary N) is 1. The van der Waals surface area contributed by atoms with Crippen LogP contribution < -0.4 is 14.8 Å². The Bertz CT molecular complexity index is 1240. The second kappa shape index (κ2) is 7.16. The van der Waals surface area contributed by atoms with Gasteiger partial charge in [0, 0.05) is 29.2 Å². The van der Waals surface area contributed by atoms with Crippen LogP contribution in [-0.4, -0.2) is 20.0 Å². The van der Waals surface area contributed by atoms with Gasteiger partial charge in [-0.05, 0) is 52.4 Å². The number of hydrogen-bond acceptors (Lipinski definition) is 4. The van der Waals surface area contributed by atoms with E-state index in [9.17, 15) is 4.79 Å². The van der Waals surface area contributed by atoms with Crippen molar-refractivity contribution in [1.29, 1.82) is 0 Å². The molecular formula is C27H27NO3. The Morgan fingerprint density at radius 3 is 2.52 bits per heavy atom. The fraction of sp³-hybridized carbons (Fsp3) is 0.296. The van der Waals surface area contributed by atoms with Crippen molar-refractivity contribution in [2.45, 2.75) is 32.6 Å². The highest BCUT2D eigenvalue weighted by Gasteiger charge is 2.42. The molecule has 1 fully saturated rings. The number of ether oxygens (including phenoxy) is 2. The molecule has 1 saturated carbocycles. The van der Waals surface area contributed by atoms with Gasteiger partial charge in [0.15, 0.2) is 17.3 Å². The third-order valence-corrected chi connectivity index (χ3v) is 6.57. The summed E-state index contributed by atoms with van der Waals surface area (Å²) < 4.78 is 10.9. The van der Waals surface area contributed by atoms with E-state index in [1.807, 2.05) is 18.2 Å². The number of ketones is 1. The number of fused-ring (bicyclic) bond motifs is 5. The summed E-state index contributed by atoms with van der Waals surface area (Å²) in [5, 5.41) is 6.03. The molecular weight excluding hydrogens is 386 g/mol. The van der Waals surface area contributed by atoms with Gasteiger partial charge in [0.05, 0.1) is 19.9 Å². The van der Waals surface area contributed by atoms with E-state index in [0.29, 0.717) is 17.9 Å². The first-order valence-electron chi connectivity index (χ1n) is 10.7. The van der Waals surface area contributed by atoms with Crippen LogP contribution in [0.15, 0.2) is 60.2 Å². The van der Waals surface area contributed by atoms with Crippen LogP contribution in [0.25, 0.3) is 16.5 Å². The van der Waals surface area contributed by atoms with Gasteiger partial charge in [-0.3, -0.25) is 4.79 Å². The first kappa shape index (κ1) is 19.7. The summed E-state index contributed by atoms with van der Waals surface area (Å²) in [6.45, 7) is 4.40. The normalized spacial score (nSPS) is 19.5. The van der Waals surface area contributed by atoms with Crippen molar-refractivity contribution >= 4 is 27.9 Å². The zero-order chi connectivity index (χ0) is 21.8. The molecule has 0 radical (unpaired) electrons. The lowest BCUT2D eigenvalue weighted by molar-refractivity contribution is -0.119. The van der Waals surface area contributed by atoms with E-state index in [1.165, 1.54) is 16.3 Å². The largest absolute Gasteiger partial charge is 0.493 e. The molecule has 0 bridgehead atoms. The van der Waals surface area contributed by atoms with Crippen LogP contribution in [0.3, 0.4) is 0 Å². The highest BCUT2D eigenvalue weighted by Crippen LogP contribution is 2.53. The Labute approximate surface area is 182 Å². The van der Waals surface area contributed by atoms with Gasteiger partial charge in [0.2, 0.25) is 0 Å².